The van der Waals surface area contributed by atoms with Crippen molar-refractivity contribution < 1.29 is 0 Å². The average molecular weight is 399 g/mol. The van der Waals surface area contributed by atoms with Crippen LogP contribution in [-0.4, -0.2) is 37.2 Å². The van der Waals surface area contributed by atoms with E-state index in [0.717, 1.165) is 59.1 Å². The van der Waals surface area contributed by atoms with Crippen molar-refractivity contribution in [2.75, 3.05) is 17.6 Å². The first-order chi connectivity index (χ1) is 13.7. The second-order valence-corrected chi connectivity index (χ2v) is 7.69. The van der Waals surface area contributed by atoms with Gasteiger partial charge in [-0.1, -0.05) is 19.4 Å². The Morgan fingerprint density at radius 2 is 2.18 bits per heavy atom. The molecule has 3 rings (SSSR count). The van der Waals surface area contributed by atoms with Gasteiger partial charge in [0, 0.05) is 48.1 Å². The molecule has 0 atom stereocenters. The molecule has 0 fully saturated rings. The van der Waals surface area contributed by atoms with Crippen LogP contribution in [0.15, 0.2) is 35.6 Å². The van der Waals surface area contributed by atoms with Crippen LogP contribution in [0.2, 0.25) is 0 Å². The molecular weight excluding hydrogens is 372 g/mol. The summed E-state index contributed by atoms with van der Waals surface area (Å²) in [5, 5.41) is 3.24. The Labute approximate surface area is 168 Å². The first kappa shape index (κ1) is 20.1. The molecule has 0 aliphatic carbocycles. The maximum Gasteiger partial charge on any atom is 0.256 e. The summed E-state index contributed by atoms with van der Waals surface area (Å²) in [4.78, 5) is 31.7. The summed E-state index contributed by atoms with van der Waals surface area (Å²) in [6, 6.07) is 3.86. The van der Waals surface area contributed by atoms with Crippen molar-refractivity contribution in [1.29, 1.82) is 0 Å². The first-order valence-electron chi connectivity index (χ1n) is 9.48. The zero-order chi connectivity index (χ0) is 19.8. The Bertz CT molecular complexity index is 937. The fraction of sp³-hybridized carbons (Fsp3) is 0.400. The molecule has 7 nitrogen and oxygen atoms in total. The summed E-state index contributed by atoms with van der Waals surface area (Å²) in [5.41, 5.74) is 4.71. The molecule has 3 aromatic rings. The molecule has 0 saturated heterocycles. The zero-order valence-electron chi connectivity index (χ0n) is 16.3. The Balaban J connectivity index is 1.60. The van der Waals surface area contributed by atoms with Gasteiger partial charge in [0.1, 0.15) is 0 Å². The van der Waals surface area contributed by atoms with E-state index >= 15 is 0 Å². The van der Waals surface area contributed by atoms with Crippen LogP contribution in [0.3, 0.4) is 0 Å². The lowest BCUT2D eigenvalue weighted by Gasteiger charge is -2.11. The van der Waals surface area contributed by atoms with E-state index in [-0.39, 0.29) is 5.56 Å². The van der Waals surface area contributed by atoms with Gasteiger partial charge < -0.3 is 10.3 Å². The largest absolute Gasteiger partial charge is 0.355 e. The Hall–Kier alpha value is -2.61. The van der Waals surface area contributed by atoms with Crippen molar-refractivity contribution in [3.8, 4) is 0 Å². The third-order valence-electron chi connectivity index (χ3n) is 4.40. The number of nitrogens with one attached hydrogen (secondary N) is 3. The fourth-order valence-corrected chi connectivity index (χ4v) is 3.78. The quantitative estimate of drug-likeness (QED) is 0.454. The van der Waals surface area contributed by atoms with Crippen molar-refractivity contribution in [2.24, 2.45) is 0 Å². The van der Waals surface area contributed by atoms with Gasteiger partial charge in [0.2, 0.25) is 5.95 Å². The van der Waals surface area contributed by atoms with Crippen LogP contribution in [0.1, 0.15) is 41.6 Å². The third kappa shape index (κ3) is 5.45. The van der Waals surface area contributed by atoms with Gasteiger partial charge in [0.25, 0.3) is 5.56 Å². The molecule has 148 valence electrons. The smallest absolute Gasteiger partial charge is 0.256 e. The van der Waals surface area contributed by atoms with Crippen LogP contribution < -0.4 is 10.9 Å². The van der Waals surface area contributed by atoms with Crippen LogP contribution in [0, 0.1) is 6.92 Å². The number of hydrogen-bond acceptors (Lipinski definition) is 6. The highest BCUT2D eigenvalue weighted by atomic mass is 32.2. The summed E-state index contributed by atoms with van der Waals surface area (Å²) in [7, 11) is 0. The number of pyridine rings is 1. The molecule has 0 bridgehead atoms. The molecule has 0 radical (unpaired) electrons. The Kier molecular flexibility index (Phi) is 7.25. The van der Waals surface area contributed by atoms with Gasteiger partial charge in [0.05, 0.1) is 17.7 Å². The number of anilines is 1. The van der Waals surface area contributed by atoms with E-state index in [9.17, 15) is 4.79 Å². The highest BCUT2D eigenvalue weighted by molar-refractivity contribution is 7.98. The number of imidazole rings is 1. The standard InChI is InChI=1S/C20H26N6OS/c1-3-5-17-16(10-15-6-4-7-21-11-15)19(27)26-20(25-17)22-8-9-28-12-18-14(2)23-13-24-18/h4,6-7,11,13H,3,5,8-10,12H2,1-2H3,(H,23,24)(H2,22,25,26,27). The van der Waals surface area contributed by atoms with Crippen molar-refractivity contribution in [2.45, 2.75) is 38.9 Å². The molecule has 0 spiro atoms. The van der Waals surface area contributed by atoms with Crippen LogP contribution in [0.4, 0.5) is 5.95 Å². The Morgan fingerprint density at radius 3 is 2.89 bits per heavy atom. The summed E-state index contributed by atoms with van der Waals surface area (Å²) in [6.45, 7) is 4.85. The van der Waals surface area contributed by atoms with E-state index in [4.69, 9.17) is 0 Å². The van der Waals surface area contributed by atoms with Gasteiger partial charge in [-0.15, -0.1) is 0 Å². The van der Waals surface area contributed by atoms with Crippen molar-refractivity contribution in [3.05, 3.63) is 69.4 Å². The van der Waals surface area contributed by atoms with Crippen molar-refractivity contribution >= 4 is 17.7 Å². The van der Waals surface area contributed by atoms with Gasteiger partial charge in [-0.3, -0.25) is 14.8 Å². The summed E-state index contributed by atoms with van der Waals surface area (Å²) in [5.74, 6) is 2.31. The molecule has 0 amide bonds. The number of aromatic amines is 2. The average Bonchev–Trinajstić information content (AvgIpc) is 3.10. The molecular formula is C20H26N6OS. The van der Waals surface area contributed by atoms with E-state index < -0.39 is 0 Å². The molecule has 0 aliphatic rings. The summed E-state index contributed by atoms with van der Waals surface area (Å²) >= 11 is 1.80. The van der Waals surface area contributed by atoms with E-state index in [1.165, 1.54) is 0 Å². The predicted molar refractivity (Wildman–Crippen MR) is 114 cm³/mol. The molecule has 0 saturated carbocycles. The summed E-state index contributed by atoms with van der Waals surface area (Å²) < 4.78 is 0. The topological polar surface area (TPSA) is 99.4 Å². The number of rotatable bonds is 10. The third-order valence-corrected chi connectivity index (χ3v) is 5.37. The van der Waals surface area contributed by atoms with Gasteiger partial charge >= 0.3 is 0 Å². The van der Waals surface area contributed by atoms with Crippen LogP contribution in [0.5, 0.6) is 0 Å². The lowest BCUT2D eigenvalue weighted by atomic mass is 10.0. The minimum Gasteiger partial charge on any atom is -0.355 e. The number of H-pyrrole nitrogens is 2. The summed E-state index contributed by atoms with van der Waals surface area (Å²) in [6.07, 6.45) is 7.51. The van der Waals surface area contributed by atoms with E-state index in [1.807, 2.05) is 19.1 Å². The Morgan fingerprint density at radius 1 is 1.29 bits per heavy atom. The minimum absolute atomic E-state index is 0.0791. The monoisotopic (exact) mass is 398 g/mol. The first-order valence-corrected chi connectivity index (χ1v) is 10.6. The SMILES string of the molecule is CCCc1nc(NCCSCc2nc[nH]c2C)[nH]c(=O)c1Cc1cccnc1. The van der Waals surface area contributed by atoms with E-state index in [0.29, 0.717) is 12.4 Å². The second kappa shape index (κ2) is 10.1. The maximum atomic E-state index is 12.6. The molecule has 3 heterocycles. The van der Waals surface area contributed by atoms with Crippen LogP contribution in [-0.2, 0) is 18.6 Å². The molecule has 3 aromatic heterocycles. The van der Waals surface area contributed by atoms with Crippen molar-refractivity contribution in [1.82, 2.24) is 24.9 Å². The van der Waals surface area contributed by atoms with E-state index in [1.54, 1.807) is 30.5 Å². The minimum atomic E-state index is -0.0791. The molecule has 0 aliphatic heterocycles. The number of thioether (sulfide) groups is 1. The number of hydrogen-bond donors (Lipinski definition) is 3. The van der Waals surface area contributed by atoms with E-state index in [2.05, 4.69) is 37.2 Å². The zero-order valence-corrected chi connectivity index (χ0v) is 17.1. The molecule has 3 N–H and O–H groups in total. The molecule has 0 aromatic carbocycles. The molecule has 8 heteroatoms. The second-order valence-electron chi connectivity index (χ2n) is 6.58. The van der Waals surface area contributed by atoms with Crippen molar-refractivity contribution in [3.63, 3.8) is 0 Å². The lowest BCUT2D eigenvalue weighted by Crippen LogP contribution is -2.21. The van der Waals surface area contributed by atoms with Crippen LogP contribution in [0.25, 0.3) is 0 Å². The van der Waals surface area contributed by atoms with Gasteiger partial charge in [-0.2, -0.15) is 11.8 Å². The molecule has 0 unspecified atom stereocenters. The predicted octanol–water partition coefficient (Wildman–Crippen LogP) is 3.09. The van der Waals surface area contributed by atoms with Gasteiger partial charge in [-0.25, -0.2) is 9.97 Å². The highest BCUT2D eigenvalue weighted by Gasteiger charge is 2.12. The molecule has 28 heavy (non-hydrogen) atoms. The fourth-order valence-electron chi connectivity index (χ4n) is 2.90. The lowest BCUT2D eigenvalue weighted by molar-refractivity contribution is 0.838. The highest BCUT2D eigenvalue weighted by Crippen LogP contribution is 2.14. The maximum absolute atomic E-state index is 12.6. The van der Waals surface area contributed by atoms with Gasteiger partial charge in [0.15, 0.2) is 0 Å². The number of nitrogens with zero attached hydrogens (tertiary/aromatic N) is 3. The van der Waals surface area contributed by atoms with Gasteiger partial charge in [-0.05, 0) is 25.0 Å². The normalized spacial score (nSPS) is 10.9. The number of aryl methyl sites for hydroxylation is 2. The van der Waals surface area contributed by atoms with Crippen LogP contribution >= 0.6 is 11.8 Å². The number of aromatic nitrogens is 5.